The van der Waals surface area contributed by atoms with Gasteiger partial charge in [-0.1, -0.05) is 60.6 Å². The lowest BCUT2D eigenvalue weighted by molar-refractivity contribution is 0.103. The van der Waals surface area contributed by atoms with Gasteiger partial charge in [0, 0.05) is 23.7 Å². The molecule has 1 aliphatic rings. The van der Waals surface area contributed by atoms with Gasteiger partial charge in [-0.05, 0) is 49.9 Å². The zero-order valence-electron chi connectivity index (χ0n) is 19.0. The summed E-state index contributed by atoms with van der Waals surface area (Å²) in [7, 11) is 0. The molecule has 7 heteroatoms. The topological polar surface area (TPSA) is 96.8 Å². The van der Waals surface area contributed by atoms with Crippen molar-refractivity contribution in [3.63, 3.8) is 0 Å². The largest absolute Gasteiger partial charge is 0.370 e. The molecule has 2 heterocycles. The maximum Gasteiger partial charge on any atom is 0.231 e. The average Bonchev–Trinajstić information content (AvgIpc) is 3.51. The molecule has 1 aromatic heterocycles. The fourth-order valence-electron chi connectivity index (χ4n) is 4.12. The van der Waals surface area contributed by atoms with Crippen LogP contribution in [0.2, 0.25) is 0 Å². The minimum absolute atomic E-state index is 0.0251. The summed E-state index contributed by atoms with van der Waals surface area (Å²) in [4.78, 5) is 19.5. The van der Waals surface area contributed by atoms with E-state index in [-0.39, 0.29) is 11.7 Å². The first-order valence-electron chi connectivity index (χ1n) is 11.5. The van der Waals surface area contributed by atoms with Crippen LogP contribution in [-0.2, 0) is 6.42 Å². The molecule has 0 aliphatic carbocycles. The summed E-state index contributed by atoms with van der Waals surface area (Å²) in [5.41, 5.74) is 9.26. The first kappa shape index (κ1) is 22.7. The molecule has 3 aromatic rings. The van der Waals surface area contributed by atoms with Crippen molar-refractivity contribution < 1.29 is 9.32 Å². The van der Waals surface area contributed by atoms with Crippen LogP contribution in [0.15, 0.2) is 70.2 Å². The number of aliphatic imine (C=N–C) groups is 1. The van der Waals surface area contributed by atoms with E-state index in [0.29, 0.717) is 35.9 Å². The van der Waals surface area contributed by atoms with Crippen LogP contribution in [0.25, 0.3) is 0 Å². The number of likely N-dealkylation sites (tertiary alicyclic amines) is 1. The maximum atomic E-state index is 12.8. The third-order valence-electron chi connectivity index (χ3n) is 5.98. The van der Waals surface area contributed by atoms with Gasteiger partial charge in [0.25, 0.3) is 0 Å². The zero-order valence-corrected chi connectivity index (χ0v) is 19.0. The van der Waals surface area contributed by atoms with E-state index in [1.165, 1.54) is 12.8 Å². The van der Waals surface area contributed by atoms with Crippen molar-refractivity contribution in [2.45, 2.75) is 32.1 Å². The molecule has 0 amide bonds. The Kier molecular flexibility index (Phi) is 7.52. The van der Waals surface area contributed by atoms with Gasteiger partial charge in [0.2, 0.25) is 5.88 Å². The lowest BCUT2D eigenvalue weighted by Crippen LogP contribution is -2.26. The second kappa shape index (κ2) is 10.9. The molecule has 1 saturated heterocycles. The van der Waals surface area contributed by atoms with Crippen molar-refractivity contribution in [2.75, 3.05) is 31.5 Å². The van der Waals surface area contributed by atoms with E-state index in [4.69, 9.17) is 10.3 Å². The zero-order chi connectivity index (χ0) is 23.0. The summed E-state index contributed by atoms with van der Waals surface area (Å²) < 4.78 is 5.39. The van der Waals surface area contributed by atoms with Gasteiger partial charge in [0.1, 0.15) is 0 Å². The van der Waals surface area contributed by atoms with Crippen molar-refractivity contribution >= 4 is 17.6 Å². The van der Waals surface area contributed by atoms with Crippen LogP contribution in [0.4, 0.5) is 5.88 Å². The SMILES string of the molecule is CC(Cc1cc(NC(N)=NCCN2CCCC2)on1)c1cccc(C(=O)c2ccccc2)c1. The van der Waals surface area contributed by atoms with Crippen LogP contribution in [-0.4, -0.2) is 48.0 Å². The predicted molar refractivity (Wildman–Crippen MR) is 131 cm³/mol. The van der Waals surface area contributed by atoms with E-state index in [9.17, 15) is 4.79 Å². The number of carbonyl (C=O) groups is 1. The van der Waals surface area contributed by atoms with Gasteiger partial charge < -0.3 is 15.2 Å². The number of ketones is 1. The average molecular weight is 446 g/mol. The molecule has 2 aromatic carbocycles. The smallest absolute Gasteiger partial charge is 0.231 e. The minimum atomic E-state index is 0.0251. The number of carbonyl (C=O) groups excluding carboxylic acids is 1. The van der Waals surface area contributed by atoms with Crippen LogP contribution in [0.3, 0.4) is 0 Å². The highest BCUT2D eigenvalue weighted by molar-refractivity contribution is 6.09. The van der Waals surface area contributed by atoms with E-state index in [1.54, 1.807) is 0 Å². The molecule has 33 heavy (non-hydrogen) atoms. The molecular weight excluding hydrogens is 414 g/mol. The Balaban J connectivity index is 1.33. The van der Waals surface area contributed by atoms with Crippen molar-refractivity contribution in [3.05, 3.63) is 83.0 Å². The summed E-state index contributed by atoms with van der Waals surface area (Å²) >= 11 is 0. The van der Waals surface area contributed by atoms with E-state index in [1.807, 2.05) is 60.7 Å². The van der Waals surface area contributed by atoms with Crippen LogP contribution in [0.1, 0.15) is 52.9 Å². The van der Waals surface area contributed by atoms with Crippen LogP contribution < -0.4 is 11.1 Å². The summed E-state index contributed by atoms with van der Waals surface area (Å²) in [5.74, 6) is 1.000. The van der Waals surface area contributed by atoms with Crippen LogP contribution >= 0.6 is 0 Å². The second-order valence-electron chi connectivity index (χ2n) is 8.55. The molecule has 0 spiro atoms. The maximum absolute atomic E-state index is 12.8. The van der Waals surface area contributed by atoms with Crippen molar-refractivity contribution in [3.8, 4) is 0 Å². The highest BCUT2D eigenvalue weighted by atomic mass is 16.5. The van der Waals surface area contributed by atoms with Crippen molar-refractivity contribution in [1.82, 2.24) is 10.1 Å². The second-order valence-corrected chi connectivity index (χ2v) is 8.55. The minimum Gasteiger partial charge on any atom is -0.370 e. The molecule has 3 N–H and O–H groups in total. The summed E-state index contributed by atoms with van der Waals surface area (Å²) in [6.45, 7) is 6.00. The lowest BCUT2D eigenvalue weighted by atomic mass is 9.93. The van der Waals surface area contributed by atoms with Gasteiger partial charge in [-0.2, -0.15) is 0 Å². The fourth-order valence-corrected chi connectivity index (χ4v) is 4.12. The molecule has 172 valence electrons. The molecule has 0 saturated carbocycles. The summed E-state index contributed by atoms with van der Waals surface area (Å²) in [6, 6.07) is 19.0. The van der Waals surface area contributed by atoms with Gasteiger partial charge in [-0.3, -0.25) is 15.1 Å². The highest BCUT2D eigenvalue weighted by Gasteiger charge is 2.15. The Bertz CT molecular complexity index is 1090. The molecular formula is C26H31N5O2. The summed E-state index contributed by atoms with van der Waals surface area (Å²) in [5, 5.41) is 7.14. The normalized spacial score (nSPS) is 15.5. The van der Waals surface area contributed by atoms with Gasteiger partial charge >= 0.3 is 0 Å². The fraction of sp³-hybridized carbons (Fsp3) is 0.346. The number of benzene rings is 2. The van der Waals surface area contributed by atoms with E-state index in [0.717, 1.165) is 30.9 Å². The number of nitrogens with two attached hydrogens (primary N) is 1. The molecule has 1 unspecified atom stereocenters. The van der Waals surface area contributed by atoms with Gasteiger partial charge in [0.05, 0.1) is 12.2 Å². The predicted octanol–water partition coefficient (Wildman–Crippen LogP) is 4.07. The number of anilines is 1. The van der Waals surface area contributed by atoms with Crippen molar-refractivity contribution in [2.24, 2.45) is 10.7 Å². The van der Waals surface area contributed by atoms with Crippen molar-refractivity contribution in [1.29, 1.82) is 0 Å². The first-order chi connectivity index (χ1) is 16.1. The quantitative estimate of drug-likeness (QED) is 0.293. The molecule has 0 bridgehead atoms. The lowest BCUT2D eigenvalue weighted by Gasteiger charge is -2.12. The standard InChI is InChI=1S/C26H31N5O2/c1-19(21-10-7-11-22(17-21)25(32)20-8-3-2-4-9-20)16-23-18-24(33-30-23)29-26(27)28-12-15-31-13-5-6-14-31/h2-4,7-11,17-19H,5-6,12-16H2,1H3,(H3,27,28,29). The molecule has 7 nitrogen and oxygen atoms in total. The Morgan fingerprint density at radius 3 is 2.67 bits per heavy atom. The number of guanidine groups is 1. The number of hydrogen-bond donors (Lipinski definition) is 2. The number of hydrogen-bond acceptors (Lipinski definition) is 5. The van der Waals surface area contributed by atoms with Crippen LogP contribution in [0, 0.1) is 0 Å². The van der Waals surface area contributed by atoms with E-state index >= 15 is 0 Å². The third-order valence-corrected chi connectivity index (χ3v) is 5.98. The number of aromatic nitrogens is 1. The number of nitrogens with one attached hydrogen (secondary N) is 1. The Hall–Kier alpha value is -3.45. The number of rotatable bonds is 9. The third kappa shape index (κ3) is 6.29. The summed E-state index contributed by atoms with van der Waals surface area (Å²) in [6.07, 6.45) is 3.22. The molecule has 4 rings (SSSR count). The van der Waals surface area contributed by atoms with E-state index < -0.39 is 0 Å². The van der Waals surface area contributed by atoms with E-state index in [2.05, 4.69) is 27.3 Å². The Morgan fingerprint density at radius 2 is 1.88 bits per heavy atom. The molecule has 0 radical (unpaired) electrons. The molecule has 1 atom stereocenters. The molecule has 1 aliphatic heterocycles. The first-order valence-corrected chi connectivity index (χ1v) is 11.5. The van der Waals surface area contributed by atoms with Gasteiger partial charge in [0.15, 0.2) is 11.7 Å². The van der Waals surface area contributed by atoms with Crippen LogP contribution in [0.5, 0.6) is 0 Å². The highest BCUT2D eigenvalue weighted by Crippen LogP contribution is 2.23. The monoisotopic (exact) mass is 445 g/mol. The van der Waals surface area contributed by atoms with Gasteiger partial charge in [-0.15, -0.1) is 0 Å². The van der Waals surface area contributed by atoms with Gasteiger partial charge in [-0.25, -0.2) is 0 Å². The number of nitrogens with zero attached hydrogens (tertiary/aromatic N) is 3. The Labute approximate surface area is 194 Å². The molecule has 1 fully saturated rings. The Morgan fingerprint density at radius 1 is 1.12 bits per heavy atom.